The Morgan fingerprint density at radius 3 is 2.58 bits per heavy atom. The molecule has 1 unspecified atom stereocenters. The second-order valence-electron chi connectivity index (χ2n) is 6.50. The van der Waals surface area contributed by atoms with Crippen molar-refractivity contribution in [3.63, 3.8) is 0 Å². The molecule has 1 atom stereocenters. The van der Waals surface area contributed by atoms with E-state index in [1.807, 2.05) is 0 Å². The molecule has 0 saturated heterocycles. The van der Waals surface area contributed by atoms with Crippen molar-refractivity contribution in [1.29, 1.82) is 0 Å². The first-order valence-corrected chi connectivity index (χ1v) is 9.29. The summed E-state index contributed by atoms with van der Waals surface area (Å²) in [5.74, 6) is -0.620. The Balaban J connectivity index is 1.62. The van der Waals surface area contributed by atoms with Crippen LogP contribution in [-0.2, 0) is 4.74 Å². The number of ether oxygens (including phenoxy) is 2. The molecular formula is C21H18N6O4. The maximum atomic E-state index is 13.0. The number of hydrogen-bond acceptors (Lipinski definition) is 8. The average Bonchev–Trinajstić information content (AvgIpc) is 3.47. The zero-order valence-electron chi connectivity index (χ0n) is 16.7. The Hall–Kier alpha value is -4.34. The largest absolute Gasteiger partial charge is 0.497 e. The minimum absolute atomic E-state index is 0.0196. The molecule has 0 amide bonds. The molecule has 4 rings (SSSR count). The highest BCUT2D eigenvalue weighted by atomic mass is 16.6. The zero-order chi connectivity index (χ0) is 21.8. The summed E-state index contributed by atoms with van der Waals surface area (Å²) in [4.78, 5) is 29.7. The van der Waals surface area contributed by atoms with Gasteiger partial charge in [0.25, 0.3) is 6.23 Å². The second kappa shape index (κ2) is 8.57. The van der Waals surface area contributed by atoms with E-state index in [-0.39, 0.29) is 5.69 Å². The number of benzene rings is 2. The summed E-state index contributed by atoms with van der Waals surface area (Å²) in [5.41, 5.74) is 1.46. The fourth-order valence-corrected chi connectivity index (χ4v) is 2.97. The Labute approximate surface area is 177 Å². The molecule has 0 aliphatic rings. The quantitative estimate of drug-likeness (QED) is 0.332. The van der Waals surface area contributed by atoms with Gasteiger partial charge in [0.1, 0.15) is 18.4 Å². The SMILES string of the molecule is COc1cccc(-n2nnc(C(=O)OC(C(=O)c3ccccc3)n3cncn3)c2C)c1. The lowest BCUT2D eigenvalue weighted by atomic mass is 10.1. The molecule has 0 aliphatic heterocycles. The van der Waals surface area contributed by atoms with Crippen molar-refractivity contribution < 1.29 is 19.1 Å². The average molecular weight is 418 g/mol. The summed E-state index contributed by atoms with van der Waals surface area (Å²) in [5, 5.41) is 12.0. The molecule has 0 spiro atoms. The molecular weight excluding hydrogens is 400 g/mol. The Bertz CT molecular complexity index is 1200. The third-order valence-electron chi connectivity index (χ3n) is 4.56. The van der Waals surface area contributed by atoms with Crippen molar-refractivity contribution in [3.8, 4) is 11.4 Å². The number of hydrogen-bond donors (Lipinski definition) is 0. The number of aromatic nitrogens is 6. The van der Waals surface area contributed by atoms with Crippen LogP contribution in [0.2, 0.25) is 0 Å². The molecule has 0 fully saturated rings. The third kappa shape index (κ3) is 4.04. The van der Waals surface area contributed by atoms with Gasteiger partial charge in [0.2, 0.25) is 5.78 Å². The number of nitrogens with zero attached hydrogens (tertiary/aromatic N) is 6. The maximum Gasteiger partial charge on any atom is 0.363 e. The van der Waals surface area contributed by atoms with Crippen molar-refractivity contribution in [1.82, 2.24) is 29.8 Å². The fourth-order valence-electron chi connectivity index (χ4n) is 2.97. The molecule has 10 heteroatoms. The van der Waals surface area contributed by atoms with Gasteiger partial charge in [-0.1, -0.05) is 41.6 Å². The summed E-state index contributed by atoms with van der Waals surface area (Å²) in [6.07, 6.45) is 1.22. The van der Waals surface area contributed by atoms with Gasteiger partial charge in [-0.05, 0) is 19.1 Å². The van der Waals surface area contributed by atoms with Crippen LogP contribution in [0.4, 0.5) is 0 Å². The summed E-state index contributed by atoms with van der Waals surface area (Å²) in [6, 6.07) is 15.6. The third-order valence-corrected chi connectivity index (χ3v) is 4.56. The number of carbonyl (C=O) groups excluding carboxylic acids is 2. The van der Waals surface area contributed by atoms with Gasteiger partial charge in [0.05, 0.1) is 18.5 Å². The number of methoxy groups -OCH3 is 1. The lowest BCUT2D eigenvalue weighted by molar-refractivity contribution is 0.00738. The summed E-state index contributed by atoms with van der Waals surface area (Å²) in [6.45, 7) is 1.68. The zero-order valence-corrected chi connectivity index (χ0v) is 16.7. The molecule has 4 aromatic rings. The van der Waals surface area contributed by atoms with Crippen LogP contribution in [0.25, 0.3) is 5.69 Å². The van der Waals surface area contributed by atoms with E-state index in [0.717, 1.165) is 0 Å². The van der Waals surface area contributed by atoms with Crippen LogP contribution in [0.15, 0.2) is 67.3 Å². The van der Waals surface area contributed by atoms with E-state index in [0.29, 0.717) is 22.7 Å². The van der Waals surface area contributed by atoms with E-state index in [9.17, 15) is 9.59 Å². The summed E-state index contributed by atoms with van der Waals surface area (Å²) < 4.78 is 13.4. The van der Waals surface area contributed by atoms with Crippen LogP contribution < -0.4 is 4.74 Å². The van der Waals surface area contributed by atoms with E-state index < -0.39 is 18.0 Å². The topological polar surface area (TPSA) is 114 Å². The lowest BCUT2D eigenvalue weighted by Crippen LogP contribution is -2.26. The van der Waals surface area contributed by atoms with E-state index >= 15 is 0 Å². The van der Waals surface area contributed by atoms with Gasteiger partial charge in [-0.2, -0.15) is 5.10 Å². The van der Waals surface area contributed by atoms with Crippen molar-refractivity contribution in [3.05, 3.63) is 84.2 Å². The van der Waals surface area contributed by atoms with Crippen molar-refractivity contribution in [2.75, 3.05) is 7.11 Å². The first kappa shape index (κ1) is 20.0. The predicted molar refractivity (Wildman–Crippen MR) is 108 cm³/mol. The number of ketones is 1. The molecule has 2 heterocycles. The number of esters is 1. The Morgan fingerprint density at radius 2 is 1.87 bits per heavy atom. The summed E-state index contributed by atoms with van der Waals surface area (Å²) in [7, 11) is 1.56. The van der Waals surface area contributed by atoms with Crippen LogP contribution in [0.3, 0.4) is 0 Å². The van der Waals surface area contributed by atoms with Gasteiger partial charge >= 0.3 is 5.97 Å². The van der Waals surface area contributed by atoms with Crippen molar-refractivity contribution in [2.45, 2.75) is 13.2 Å². The van der Waals surface area contributed by atoms with Crippen molar-refractivity contribution in [2.24, 2.45) is 0 Å². The van der Waals surface area contributed by atoms with Gasteiger partial charge in [-0.15, -0.1) is 5.10 Å². The fraction of sp³-hybridized carbons (Fsp3) is 0.143. The molecule has 0 radical (unpaired) electrons. The normalized spacial score (nSPS) is 11.7. The van der Waals surface area contributed by atoms with Crippen LogP contribution >= 0.6 is 0 Å². The van der Waals surface area contributed by atoms with Crippen LogP contribution in [0.5, 0.6) is 5.75 Å². The molecule has 0 bridgehead atoms. The Morgan fingerprint density at radius 1 is 1.06 bits per heavy atom. The van der Waals surface area contributed by atoms with Gasteiger partial charge in [0, 0.05) is 11.6 Å². The molecule has 0 N–H and O–H groups in total. The van der Waals surface area contributed by atoms with Crippen molar-refractivity contribution >= 4 is 11.8 Å². The highest BCUT2D eigenvalue weighted by Gasteiger charge is 2.29. The van der Waals surface area contributed by atoms with Gasteiger partial charge in [-0.25, -0.2) is 19.1 Å². The number of carbonyl (C=O) groups is 2. The first-order valence-electron chi connectivity index (χ1n) is 9.29. The van der Waals surface area contributed by atoms with Gasteiger partial charge < -0.3 is 9.47 Å². The second-order valence-corrected chi connectivity index (χ2v) is 6.50. The smallest absolute Gasteiger partial charge is 0.363 e. The standard InChI is InChI=1S/C21H18N6O4/c1-14-18(24-25-27(14)16-9-6-10-17(11-16)30-2)21(29)31-20(26-13-22-12-23-26)19(28)15-7-4-3-5-8-15/h3-13,20H,1-2H3. The summed E-state index contributed by atoms with van der Waals surface area (Å²) >= 11 is 0. The first-order chi connectivity index (χ1) is 15.1. The molecule has 2 aromatic heterocycles. The predicted octanol–water partition coefficient (Wildman–Crippen LogP) is 2.41. The molecule has 0 saturated carbocycles. The van der Waals surface area contributed by atoms with E-state index in [2.05, 4.69) is 20.4 Å². The molecule has 31 heavy (non-hydrogen) atoms. The van der Waals surface area contributed by atoms with Gasteiger partial charge in [0.15, 0.2) is 5.69 Å². The van der Waals surface area contributed by atoms with Gasteiger partial charge in [-0.3, -0.25) is 4.79 Å². The monoisotopic (exact) mass is 418 g/mol. The van der Waals surface area contributed by atoms with Crippen LogP contribution in [0.1, 0.15) is 32.8 Å². The number of Topliss-reactive ketones (excluding diaryl/α,β-unsaturated/α-hetero) is 1. The Kier molecular flexibility index (Phi) is 5.52. The highest BCUT2D eigenvalue weighted by molar-refractivity contribution is 6.00. The van der Waals surface area contributed by atoms with E-state index in [1.165, 1.54) is 22.0 Å². The van der Waals surface area contributed by atoms with Crippen LogP contribution in [0, 0.1) is 6.92 Å². The molecule has 2 aromatic carbocycles. The maximum absolute atomic E-state index is 13.0. The van der Waals surface area contributed by atoms with E-state index in [1.54, 1.807) is 68.6 Å². The van der Waals surface area contributed by atoms with E-state index in [4.69, 9.17) is 9.47 Å². The minimum atomic E-state index is -1.33. The minimum Gasteiger partial charge on any atom is -0.497 e. The molecule has 10 nitrogen and oxygen atoms in total. The highest BCUT2D eigenvalue weighted by Crippen LogP contribution is 2.21. The number of rotatable bonds is 7. The molecule has 0 aliphatic carbocycles. The van der Waals surface area contributed by atoms with Crippen LogP contribution in [-0.4, -0.2) is 48.6 Å². The molecule has 156 valence electrons. The lowest BCUT2D eigenvalue weighted by Gasteiger charge is -2.16.